The Morgan fingerprint density at radius 3 is 2.33 bits per heavy atom. The number of thioether (sulfide) groups is 1. The fraction of sp³-hybridized carbons (Fsp3) is 1.00. The van der Waals surface area contributed by atoms with Gasteiger partial charge in [-0.15, -0.1) is 0 Å². The largest absolute Gasteiger partial charge is 0.395 e. The molecule has 1 rings (SSSR count). The molecule has 2 heteroatoms. The van der Waals surface area contributed by atoms with Crippen molar-refractivity contribution in [1.29, 1.82) is 0 Å². The monoisotopic (exact) mass is 188 g/mol. The van der Waals surface area contributed by atoms with Crippen molar-refractivity contribution in [3.05, 3.63) is 0 Å². The van der Waals surface area contributed by atoms with Gasteiger partial charge in [-0.2, -0.15) is 11.8 Å². The van der Waals surface area contributed by atoms with Gasteiger partial charge in [0.2, 0.25) is 0 Å². The molecule has 1 nitrogen and oxygen atoms in total. The summed E-state index contributed by atoms with van der Waals surface area (Å²) in [6.07, 6.45) is 5.53. The summed E-state index contributed by atoms with van der Waals surface area (Å²) < 4.78 is 0. The average molecular weight is 188 g/mol. The third-order valence-corrected chi connectivity index (χ3v) is 4.49. The van der Waals surface area contributed by atoms with Crippen LogP contribution in [0.2, 0.25) is 0 Å². The second-order valence-electron chi connectivity index (χ2n) is 4.01. The second-order valence-corrected chi connectivity index (χ2v) is 5.55. The van der Waals surface area contributed by atoms with E-state index in [0.29, 0.717) is 17.8 Å². The third kappa shape index (κ3) is 2.98. The molecular weight excluding hydrogens is 168 g/mol. The molecule has 0 aliphatic heterocycles. The van der Waals surface area contributed by atoms with Crippen LogP contribution in [0.4, 0.5) is 0 Å². The molecule has 0 spiro atoms. The first-order valence-corrected chi connectivity index (χ1v) is 5.94. The quantitative estimate of drug-likeness (QED) is 0.732. The molecule has 1 fully saturated rings. The lowest BCUT2D eigenvalue weighted by atomic mass is 10.1. The molecule has 0 radical (unpaired) electrons. The van der Waals surface area contributed by atoms with Crippen LogP contribution in [0.1, 0.15) is 39.5 Å². The van der Waals surface area contributed by atoms with Crippen LogP contribution in [0.15, 0.2) is 0 Å². The van der Waals surface area contributed by atoms with Crippen LogP contribution in [0.5, 0.6) is 0 Å². The maximum absolute atomic E-state index is 9.14. The third-order valence-electron chi connectivity index (χ3n) is 2.59. The molecule has 1 aliphatic carbocycles. The Morgan fingerprint density at radius 1 is 1.33 bits per heavy atom. The Labute approximate surface area is 79.9 Å². The van der Waals surface area contributed by atoms with Crippen LogP contribution < -0.4 is 0 Å². The van der Waals surface area contributed by atoms with E-state index in [-0.39, 0.29) is 0 Å². The Hall–Kier alpha value is 0.310. The van der Waals surface area contributed by atoms with E-state index in [4.69, 9.17) is 5.11 Å². The molecule has 0 bridgehead atoms. The van der Waals surface area contributed by atoms with Crippen molar-refractivity contribution >= 4 is 11.8 Å². The molecule has 1 saturated carbocycles. The molecule has 0 aromatic rings. The maximum atomic E-state index is 9.14. The van der Waals surface area contributed by atoms with E-state index in [2.05, 4.69) is 13.8 Å². The summed E-state index contributed by atoms with van der Waals surface area (Å²) in [5.74, 6) is 0.612. The lowest BCUT2D eigenvalue weighted by Gasteiger charge is -2.21. The van der Waals surface area contributed by atoms with Crippen molar-refractivity contribution in [1.82, 2.24) is 0 Å². The summed E-state index contributed by atoms with van der Waals surface area (Å²) in [7, 11) is 0. The highest BCUT2D eigenvalue weighted by Crippen LogP contribution is 2.34. The van der Waals surface area contributed by atoms with E-state index in [1.807, 2.05) is 11.8 Å². The lowest BCUT2D eigenvalue weighted by Crippen LogP contribution is -2.19. The molecule has 1 atom stereocenters. The van der Waals surface area contributed by atoms with Gasteiger partial charge < -0.3 is 5.11 Å². The predicted octanol–water partition coefficient (Wildman–Crippen LogP) is 2.68. The van der Waals surface area contributed by atoms with Gasteiger partial charge in [-0.1, -0.05) is 26.7 Å². The fourth-order valence-corrected chi connectivity index (χ4v) is 3.18. The Balaban J connectivity index is 2.26. The SMILES string of the molecule is CC(C)C(CO)SC1CCCC1. The van der Waals surface area contributed by atoms with Crippen LogP contribution in [-0.4, -0.2) is 22.2 Å². The van der Waals surface area contributed by atoms with E-state index in [1.165, 1.54) is 25.7 Å². The van der Waals surface area contributed by atoms with Gasteiger partial charge in [0, 0.05) is 10.5 Å². The molecule has 0 heterocycles. The van der Waals surface area contributed by atoms with Gasteiger partial charge in [-0.25, -0.2) is 0 Å². The molecule has 0 aromatic heterocycles. The molecule has 0 amide bonds. The van der Waals surface area contributed by atoms with Crippen molar-refractivity contribution in [3.8, 4) is 0 Å². The Morgan fingerprint density at radius 2 is 1.92 bits per heavy atom. The van der Waals surface area contributed by atoms with E-state index in [1.54, 1.807) is 0 Å². The van der Waals surface area contributed by atoms with Crippen LogP contribution >= 0.6 is 11.8 Å². The van der Waals surface area contributed by atoms with Gasteiger partial charge in [0.15, 0.2) is 0 Å². The number of aliphatic hydroxyl groups is 1. The zero-order valence-corrected chi connectivity index (χ0v) is 8.94. The summed E-state index contributed by atoms with van der Waals surface area (Å²) in [4.78, 5) is 0. The highest BCUT2D eigenvalue weighted by atomic mass is 32.2. The van der Waals surface area contributed by atoms with Crippen LogP contribution in [0.25, 0.3) is 0 Å². The van der Waals surface area contributed by atoms with Gasteiger partial charge >= 0.3 is 0 Å². The number of rotatable bonds is 4. The van der Waals surface area contributed by atoms with E-state index < -0.39 is 0 Å². The minimum atomic E-state index is 0.346. The van der Waals surface area contributed by atoms with Crippen LogP contribution in [0, 0.1) is 5.92 Å². The van der Waals surface area contributed by atoms with E-state index in [9.17, 15) is 0 Å². The topological polar surface area (TPSA) is 20.2 Å². The lowest BCUT2D eigenvalue weighted by molar-refractivity contribution is 0.274. The van der Waals surface area contributed by atoms with Crippen molar-refractivity contribution in [2.24, 2.45) is 5.92 Å². The van der Waals surface area contributed by atoms with Crippen molar-refractivity contribution < 1.29 is 5.11 Å². The summed E-state index contributed by atoms with van der Waals surface area (Å²) in [5.41, 5.74) is 0. The minimum Gasteiger partial charge on any atom is -0.395 e. The summed E-state index contributed by atoms with van der Waals surface area (Å²) in [6, 6.07) is 0. The zero-order valence-electron chi connectivity index (χ0n) is 8.12. The van der Waals surface area contributed by atoms with Gasteiger partial charge in [0.25, 0.3) is 0 Å². The first kappa shape index (κ1) is 10.4. The van der Waals surface area contributed by atoms with Gasteiger partial charge in [0.05, 0.1) is 6.61 Å². The van der Waals surface area contributed by atoms with Crippen molar-refractivity contribution in [2.75, 3.05) is 6.61 Å². The van der Waals surface area contributed by atoms with Crippen LogP contribution in [-0.2, 0) is 0 Å². The molecule has 12 heavy (non-hydrogen) atoms. The predicted molar refractivity (Wildman–Crippen MR) is 55.6 cm³/mol. The first-order chi connectivity index (χ1) is 5.74. The molecule has 1 aliphatic rings. The Kier molecular flexibility index (Phi) is 4.44. The zero-order chi connectivity index (χ0) is 8.97. The molecule has 0 saturated heterocycles. The molecule has 1 unspecified atom stereocenters. The summed E-state index contributed by atoms with van der Waals surface area (Å²) >= 11 is 2.01. The molecular formula is C10H20OS. The van der Waals surface area contributed by atoms with Gasteiger partial charge in [-0.05, 0) is 18.8 Å². The van der Waals surface area contributed by atoms with Crippen molar-refractivity contribution in [2.45, 2.75) is 50.0 Å². The molecule has 72 valence electrons. The summed E-state index contributed by atoms with van der Waals surface area (Å²) in [6.45, 7) is 4.74. The average Bonchev–Trinajstić information content (AvgIpc) is 2.51. The normalized spacial score (nSPS) is 22.0. The summed E-state index contributed by atoms with van der Waals surface area (Å²) in [5, 5.41) is 10.4. The highest BCUT2D eigenvalue weighted by Gasteiger charge is 2.21. The van der Waals surface area contributed by atoms with Crippen LogP contribution in [0.3, 0.4) is 0 Å². The van der Waals surface area contributed by atoms with E-state index in [0.717, 1.165) is 5.25 Å². The second kappa shape index (κ2) is 5.13. The first-order valence-electron chi connectivity index (χ1n) is 5.00. The number of hydrogen-bond acceptors (Lipinski definition) is 2. The fourth-order valence-electron chi connectivity index (χ4n) is 1.68. The number of hydrogen-bond donors (Lipinski definition) is 1. The maximum Gasteiger partial charge on any atom is 0.0552 e. The van der Waals surface area contributed by atoms with Gasteiger partial charge in [-0.3, -0.25) is 0 Å². The minimum absolute atomic E-state index is 0.346. The Bertz CT molecular complexity index is 119. The van der Waals surface area contributed by atoms with E-state index >= 15 is 0 Å². The van der Waals surface area contributed by atoms with Crippen molar-refractivity contribution in [3.63, 3.8) is 0 Å². The molecule has 1 N–H and O–H groups in total. The number of aliphatic hydroxyl groups excluding tert-OH is 1. The standard InChI is InChI=1S/C10H20OS/c1-8(2)10(7-11)12-9-5-3-4-6-9/h8-11H,3-7H2,1-2H3. The smallest absolute Gasteiger partial charge is 0.0552 e. The highest BCUT2D eigenvalue weighted by molar-refractivity contribution is 8.00. The van der Waals surface area contributed by atoms with Gasteiger partial charge in [0.1, 0.15) is 0 Å². The molecule has 0 aromatic carbocycles.